The highest BCUT2D eigenvalue weighted by molar-refractivity contribution is 7.21. The Balaban J connectivity index is 1.54. The highest BCUT2D eigenvalue weighted by atomic mass is 32.1. The van der Waals surface area contributed by atoms with Crippen LogP contribution in [0.4, 0.5) is 11.8 Å². The molecule has 1 fully saturated rings. The van der Waals surface area contributed by atoms with E-state index in [0.717, 1.165) is 10.2 Å². The van der Waals surface area contributed by atoms with Gasteiger partial charge in [-0.2, -0.15) is 4.98 Å². The number of benzene rings is 2. The van der Waals surface area contributed by atoms with Gasteiger partial charge in [0.15, 0.2) is 5.72 Å². The fourth-order valence-electron chi connectivity index (χ4n) is 4.45. The number of hydrogen-bond donors (Lipinski definition) is 6. The van der Waals surface area contributed by atoms with Crippen LogP contribution in [0.15, 0.2) is 48.5 Å². The molecule has 35 heavy (non-hydrogen) atoms. The van der Waals surface area contributed by atoms with Crippen LogP contribution in [0.1, 0.15) is 24.1 Å². The minimum absolute atomic E-state index is 0.166. The molecule has 9 nitrogen and oxygen atoms in total. The van der Waals surface area contributed by atoms with Crippen molar-refractivity contribution in [3.8, 4) is 16.3 Å². The number of aromatic nitrogens is 3. The van der Waals surface area contributed by atoms with Crippen molar-refractivity contribution in [2.45, 2.75) is 38.1 Å². The molecule has 0 aliphatic heterocycles. The maximum absolute atomic E-state index is 11.2. The molecule has 1 aliphatic rings. The predicted octanol–water partition coefficient (Wildman–Crippen LogP) is 3.24. The van der Waals surface area contributed by atoms with Gasteiger partial charge < -0.3 is 31.1 Å². The summed E-state index contributed by atoms with van der Waals surface area (Å²) in [7, 11) is 0. The number of rotatable bonds is 7. The van der Waals surface area contributed by atoms with E-state index in [0.29, 0.717) is 46.6 Å². The van der Waals surface area contributed by atoms with E-state index in [1.165, 1.54) is 11.3 Å². The Morgan fingerprint density at radius 3 is 2.60 bits per heavy atom. The first kappa shape index (κ1) is 23.4. The summed E-state index contributed by atoms with van der Waals surface area (Å²) in [6.07, 6.45) is -0.439. The van der Waals surface area contributed by atoms with E-state index in [1.807, 2.05) is 37.3 Å². The summed E-state index contributed by atoms with van der Waals surface area (Å²) < 4.78 is 1.01. The normalized spacial score (nSPS) is 21.9. The second-order valence-electron chi connectivity index (χ2n) is 8.80. The lowest BCUT2D eigenvalue weighted by Gasteiger charge is -2.31. The van der Waals surface area contributed by atoms with Crippen LogP contribution < -0.4 is 10.6 Å². The Kier molecular flexibility index (Phi) is 6.28. The number of hydrogen-bond acceptors (Lipinski definition) is 10. The van der Waals surface area contributed by atoms with Crippen molar-refractivity contribution in [2.75, 3.05) is 17.2 Å². The lowest BCUT2D eigenvalue weighted by atomic mass is 10.0. The molecule has 4 aromatic rings. The predicted molar refractivity (Wildman–Crippen MR) is 135 cm³/mol. The Morgan fingerprint density at radius 1 is 1.09 bits per heavy atom. The van der Waals surface area contributed by atoms with Crippen LogP contribution in [0, 0.1) is 12.8 Å². The molecule has 0 spiro atoms. The minimum Gasteiger partial charge on any atom is -0.508 e. The molecule has 1 saturated carbocycles. The second-order valence-corrected chi connectivity index (χ2v) is 9.83. The van der Waals surface area contributed by atoms with Crippen LogP contribution in [0.25, 0.3) is 20.8 Å². The molecule has 6 N–H and O–H groups in total. The Labute approximate surface area is 206 Å². The third kappa shape index (κ3) is 4.53. The van der Waals surface area contributed by atoms with E-state index in [2.05, 4.69) is 20.6 Å². The van der Waals surface area contributed by atoms with E-state index in [4.69, 9.17) is 4.98 Å². The molecule has 10 heteroatoms. The standard InChI is InChI=1S/C25H27N5O4S/c1-14-20(23-28-17-7-3-5-9-19(17)35-23)22(30-25(34)11-10-16(13-31)21(25)33)29-24(27-14)26-12-15-6-2-4-8-18(15)32/h2-9,16,21,31-34H,10-13H2,1H3,(H2,26,27,29,30). The molecule has 2 aromatic heterocycles. The molecule has 2 aromatic carbocycles. The summed E-state index contributed by atoms with van der Waals surface area (Å²) in [5.74, 6) is 0.365. The molecule has 182 valence electrons. The van der Waals surface area contributed by atoms with Crippen LogP contribution in [0.5, 0.6) is 5.75 Å². The van der Waals surface area contributed by atoms with Crippen molar-refractivity contribution >= 4 is 33.3 Å². The number of para-hydroxylation sites is 2. The zero-order valence-corrected chi connectivity index (χ0v) is 20.0. The van der Waals surface area contributed by atoms with E-state index >= 15 is 0 Å². The van der Waals surface area contributed by atoms with Gasteiger partial charge in [-0.15, -0.1) is 11.3 Å². The molecule has 1 aliphatic carbocycles. The quantitative estimate of drug-likeness (QED) is 0.214. The van der Waals surface area contributed by atoms with Gasteiger partial charge in [0.1, 0.15) is 22.7 Å². The number of thiazole rings is 1. The first-order chi connectivity index (χ1) is 16.9. The molecule has 0 radical (unpaired) electrons. The maximum Gasteiger partial charge on any atom is 0.225 e. The van der Waals surface area contributed by atoms with Crippen molar-refractivity contribution in [3.63, 3.8) is 0 Å². The minimum atomic E-state index is -1.66. The molecule has 0 saturated heterocycles. The number of aromatic hydroxyl groups is 1. The third-order valence-corrected chi connectivity index (χ3v) is 7.48. The zero-order chi connectivity index (χ0) is 24.6. The van der Waals surface area contributed by atoms with E-state index in [-0.39, 0.29) is 18.8 Å². The highest BCUT2D eigenvalue weighted by Gasteiger charge is 2.47. The second kappa shape index (κ2) is 9.38. The Morgan fingerprint density at radius 2 is 1.86 bits per heavy atom. The number of phenolic OH excluding ortho intramolecular Hbond substituents is 1. The van der Waals surface area contributed by atoms with E-state index < -0.39 is 17.7 Å². The average molecular weight is 494 g/mol. The molecule has 3 atom stereocenters. The number of nitrogens with zero attached hydrogens (tertiary/aromatic N) is 3. The van der Waals surface area contributed by atoms with E-state index in [9.17, 15) is 20.4 Å². The van der Waals surface area contributed by atoms with Crippen molar-refractivity contribution in [3.05, 3.63) is 59.8 Å². The van der Waals surface area contributed by atoms with Gasteiger partial charge in [0, 0.05) is 24.6 Å². The Hall–Kier alpha value is -3.31. The molecule has 5 rings (SSSR count). The smallest absolute Gasteiger partial charge is 0.225 e. The monoisotopic (exact) mass is 493 g/mol. The van der Waals surface area contributed by atoms with Crippen LogP contribution in [0.3, 0.4) is 0 Å². The number of nitrogens with one attached hydrogen (secondary N) is 2. The summed E-state index contributed by atoms with van der Waals surface area (Å²) in [5, 5.41) is 48.5. The summed E-state index contributed by atoms with van der Waals surface area (Å²) in [5.41, 5.74) is 1.14. The third-order valence-electron chi connectivity index (χ3n) is 6.43. The summed E-state index contributed by atoms with van der Waals surface area (Å²) in [6, 6.07) is 14.8. The van der Waals surface area contributed by atoms with Crippen LogP contribution >= 0.6 is 11.3 Å². The molecular formula is C25H27N5O4S. The molecular weight excluding hydrogens is 466 g/mol. The van der Waals surface area contributed by atoms with Crippen molar-refractivity contribution in [1.29, 1.82) is 0 Å². The highest BCUT2D eigenvalue weighted by Crippen LogP contribution is 2.40. The lowest BCUT2D eigenvalue weighted by Crippen LogP contribution is -2.48. The maximum atomic E-state index is 11.2. The Bertz CT molecular complexity index is 1330. The summed E-state index contributed by atoms with van der Waals surface area (Å²) in [6.45, 7) is 1.92. The summed E-state index contributed by atoms with van der Waals surface area (Å²) >= 11 is 1.49. The van der Waals surface area contributed by atoms with Gasteiger partial charge in [-0.3, -0.25) is 0 Å². The van der Waals surface area contributed by atoms with Crippen LogP contribution in [0.2, 0.25) is 0 Å². The summed E-state index contributed by atoms with van der Waals surface area (Å²) in [4.78, 5) is 14.0. The zero-order valence-electron chi connectivity index (χ0n) is 19.1. The number of aryl methyl sites for hydroxylation is 1. The molecule has 0 amide bonds. The van der Waals surface area contributed by atoms with E-state index in [1.54, 1.807) is 18.2 Å². The van der Waals surface area contributed by atoms with Crippen LogP contribution in [-0.4, -0.2) is 53.8 Å². The van der Waals surface area contributed by atoms with Gasteiger partial charge in [0.05, 0.1) is 21.5 Å². The average Bonchev–Trinajstić information content (AvgIpc) is 3.39. The first-order valence-corrected chi connectivity index (χ1v) is 12.2. The SMILES string of the molecule is Cc1nc(NCc2ccccc2O)nc(NC2(O)CCC(CO)C2O)c1-c1nc2ccccc2s1. The molecule has 0 bridgehead atoms. The number of phenols is 1. The number of anilines is 2. The molecule has 2 heterocycles. The topological polar surface area (TPSA) is 144 Å². The van der Waals surface area contributed by atoms with Crippen molar-refractivity contribution in [1.82, 2.24) is 15.0 Å². The fraction of sp³-hybridized carbons (Fsp3) is 0.320. The number of aliphatic hydroxyl groups is 3. The van der Waals surface area contributed by atoms with Gasteiger partial charge in [-0.1, -0.05) is 30.3 Å². The first-order valence-electron chi connectivity index (χ1n) is 11.4. The van der Waals surface area contributed by atoms with Gasteiger partial charge in [-0.05, 0) is 38.0 Å². The van der Waals surface area contributed by atoms with Crippen molar-refractivity contribution < 1.29 is 20.4 Å². The largest absolute Gasteiger partial charge is 0.508 e. The fourth-order valence-corrected chi connectivity index (χ4v) is 5.51. The lowest BCUT2D eigenvalue weighted by molar-refractivity contribution is -0.0545. The van der Waals surface area contributed by atoms with Gasteiger partial charge >= 0.3 is 0 Å². The van der Waals surface area contributed by atoms with Gasteiger partial charge in [-0.25, -0.2) is 9.97 Å². The molecule has 3 unspecified atom stereocenters. The number of aliphatic hydroxyl groups excluding tert-OH is 2. The van der Waals surface area contributed by atoms with Crippen molar-refractivity contribution in [2.24, 2.45) is 5.92 Å². The number of fused-ring (bicyclic) bond motifs is 1. The van der Waals surface area contributed by atoms with Gasteiger partial charge in [0.25, 0.3) is 0 Å². The van der Waals surface area contributed by atoms with Crippen LogP contribution in [-0.2, 0) is 6.54 Å². The van der Waals surface area contributed by atoms with Gasteiger partial charge in [0.2, 0.25) is 5.95 Å².